The second-order valence-electron chi connectivity index (χ2n) is 11.0. The fourth-order valence-electron chi connectivity index (χ4n) is 5.70. The van der Waals surface area contributed by atoms with Gasteiger partial charge in [-0.15, -0.1) is 0 Å². The minimum atomic E-state index is 0.996. The van der Waals surface area contributed by atoms with Gasteiger partial charge in [0, 0.05) is 11.8 Å². The molecular formula is C42H31N. The van der Waals surface area contributed by atoms with Gasteiger partial charge >= 0.3 is 0 Å². The zero-order valence-electron chi connectivity index (χ0n) is 24.1. The smallest absolute Gasteiger partial charge is 0.0704 e. The molecule has 204 valence electrons. The van der Waals surface area contributed by atoms with Crippen molar-refractivity contribution >= 4 is 0 Å². The van der Waals surface area contributed by atoms with Gasteiger partial charge in [-0.05, 0) is 117 Å². The summed E-state index contributed by atoms with van der Waals surface area (Å²) in [5.74, 6) is 0. The molecule has 7 aromatic rings. The molecule has 0 fully saturated rings. The molecule has 0 aliphatic carbocycles. The summed E-state index contributed by atoms with van der Waals surface area (Å²) in [7, 11) is 0. The predicted molar refractivity (Wildman–Crippen MR) is 182 cm³/mol. The molecule has 43 heavy (non-hydrogen) atoms. The van der Waals surface area contributed by atoms with Crippen LogP contribution in [0.15, 0.2) is 170 Å². The Balaban J connectivity index is 1.32. The maximum Gasteiger partial charge on any atom is 0.0704 e. The molecule has 0 N–H and O–H groups in total. The van der Waals surface area contributed by atoms with Crippen LogP contribution in [0.5, 0.6) is 0 Å². The standard InChI is InChI=1S/C42H31N/c1-30-21-22-43-42(23-30)38-20-10-17-35(26-38)34-16-9-19-37(25-34)41-28-39(32-13-6-3-7-14-32)27-40(29-41)36-18-8-15-33(24-36)31-11-4-2-5-12-31/h2-29H,1H3. The van der Waals surface area contributed by atoms with E-state index in [1.54, 1.807) is 0 Å². The average Bonchev–Trinajstić information content (AvgIpc) is 3.09. The molecule has 1 heteroatoms. The van der Waals surface area contributed by atoms with Crippen LogP contribution in [0.25, 0.3) is 66.9 Å². The lowest BCUT2D eigenvalue weighted by Crippen LogP contribution is -1.88. The van der Waals surface area contributed by atoms with Crippen molar-refractivity contribution in [1.29, 1.82) is 0 Å². The molecule has 0 atom stereocenters. The van der Waals surface area contributed by atoms with Crippen LogP contribution < -0.4 is 0 Å². The van der Waals surface area contributed by atoms with Crippen LogP contribution in [-0.2, 0) is 0 Å². The number of pyridine rings is 1. The van der Waals surface area contributed by atoms with Gasteiger partial charge in [-0.2, -0.15) is 0 Å². The summed E-state index contributed by atoms with van der Waals surface area (Å²) in [6.07, 6.45) is 1.88. The van der Waals surface area contributed by atoms with Crippen molar-refractivity contribution in [3.05, 3.63) is 176 Å². The van der Waals surface area contributed by atoms with Crippen LogP contribution in [-0.4, -0.2) is 4.98 Å². The van der Waals surface area contributed by atoms with E-state index in [0.29, 0.717) is 0 Å². The number of aryl methyl sites for hydroxylation is 1. The summed E-state index contributed by atoms with van der Waals surface area (Å²) in [6, 6.07) is 58.7. The Bertz CT molecular complexity index is 2020. The maximum atomic E-state index is 4.61. The minimum absolute atomic E-state index is 0.996. The molecule has 0 saturated carbocycles. The molecule has 1 heterocycles. The summed E-state index contributed by atoms with van der Waals surface area (Å²) >= 11 is 0. The summed E-state index contributed by atoms with van der Waals surface area (Å²) in [5, 5.41) is 0. The van der Waals surface area contributed by atoms with E-state index in [9.17, 15) is 0 Å². The van der Waals surface area contributed by atoms with E-state index in [1.807, 2.05) is 12.3 Å². The average molecular weight is 550 g/mol. The van der Waals surface area contributed by atoms with Gasteiger partial charge < -0.3 is 0 Å². The highest BCUT2D eigenvalue weighted by molar-refractivity contribution is 5.84. The van der Waals surface area contributed by atoms with Crippen molar-refractivity contribution in [3.63, 3.8) is 0 Å². The molecule has 0 radical (unpaired) electrons. The van der Waals surface area contributed by atoms with Crippen LogP contribution in [0.2, 0.25) is 0 Å². The van der Waals surface area contributed by atoms with Gasteiger partial charge in [0.25, 0.3) is 0 Å². The van der Waals surface area contributed by atoms with Crippen LogP contribution in [0.4, 0.5) is 0 Å². The van der Waals surface area contributed by atoms with E-state index < -0.39 is 0 Å². The van der Waals surface area contributed by atoms with Crippen molar-refractivity contribution < 1.29 is 0 Å². The Hall–Kier alpha value is -5.53. The Morgan fingerprint density at radius 3 is 1.16 bits per heavy atom. The minimum Gasteiger partial charge on any atom is -0.256 e. The molecule has 1 nitrogen and oxygen atoms in total. The monoisotopic (exact) mass is 549 g/mol. The fraction of sp³-hybridized carbons (Fsp3) is 0.0238. The van der Waals surface area contributed by atoms with Crippen LogP contribution >= 0.6 is 0 Å². The number of aromatic nitrogens is 1. The number of hydrogen-bond acceptors (Lipinski definition) is 1. The quantitative estimate of drug-likeness (QED) is 0.201. The SMILES string of the molecule is Cc1ccnc(-c2cccc(-c3cccc(-c4cc(-c5ccccc5)cc(-c5cccc(-c6ccccc6)c5)c4)c3)c2)c1. The molecule has 7 rings (SSSR count). The number of hydrogen-bond donors (Lipinski definition) is 0. The van der Waals surface area contributed by atoms with Crippen LogP contribution in [0, 0.1) is 6.92 Å². The summed E-state index contributed by atoms with van der Waals surface area (Å²) in [5.41, 5.74) is 15.3. The highest BCUT2D eigenvalue weighted by atomic mass is 14.7. The predicted octanol–water partition coefficient (Wildman–Crippen LogP) is 11.4. The Kier molecular flexibility index (Phi) is 7.21. The molecule has 0 unspecified atom stereocenters. The first kappa shape index (κ1) is 26.4. The van der Waals surface area contributed by atoms with Crippen molar-refractivity contribution in [2.75, 3.05) is 0 Å². The zero-order chi connectivity index (χ0) is 29.0. The van der Waals surface area contributed by atoms with Gasteiger partial charge in [-0.3, -0.25) is 4.98 Å². The van der Waals surface area contributed by atoms with E-state index in [0.717, 1.165) is 11.3 Å². The molecule has 1 aromatic heterocycles. The van der Waals surface area contributed by atoms with Gasteiger partial charge in [0.05, 0.1) is 5.69 Å². The summed E-state index contributed by atoms with van der Waals surface area (Å²) in [4.78, 5) is 4.61. The van der Waals surface area contributed by atoms with Gasteiger partial charge in [0.2, 0.25) is 0 Å². The number of benzene rings is 6. The van der Waals surface area contributed by atoms with E-state index in [1.165, 1.54) is 61.2 Å². The van der Waals surface area contributed by atoms with E-state index >= 15 is 0 Å². The lowest BCUT2D eigenvalue weighted by atomic mass is 9.91. The Labute approximate surface area is 253 Å². The first-order valence-electron chi connectivity index (χ1n) is 14.7. The largest absolute Gasteiger partial charge is 0.256 e. The number of rotatable bonds is 6. The highest BCUT2D eigenvalue weighted by Crippen LogP contribution is 2.36. The lowest BCUT2D eigenvalue weighted by Gasteiger charge is -2.13. The maximum absolute atomic E-state index is 4.61. The van der Waals surface area contributed by atoms with Gasteiger partial charge in [-0.1, -0.05) is 115 Å². The molecular weight excluding hydrogens is 518 g/mol. The molecule has 0 spiro atoms. The van der Waals surface area contributed by atoms with Crippen molar-refractivity contribution in [3.8, 4) is 66.9 Å². The highest BCUT2D eigenvalue weighted by Gasteiger charge is 2.10. The van der Waals surface area contributed by atoms with Gasteiger partial charge in [0.1, 0.15) is 0 Å². The fourth-order valence-corrected chi connectivity index (χ4v) is 5.70. The molecule has 0 bridgehead atoms. The lowest BCUT2D eigenvalue weighted by molar-refractivity contribution is 1.29. The molecule has 0 aliphatic heterocycles. The van der Waals surface area contributed by atoms with E-state index in [2.05, 4.69) is 170 Å². The van der Waals surface area contributed by atoms with E-state index in [-0.39, 0.29) is 0 Å². The second-order valence-corrected chi connectivity index (χ2v) is 11.0. The molecule has 6 aromatic carbocycles. The summed E-state index contributed by atoms with van der Waals surface area (Å²) in [6.45, 7) is 2.11. The third kappa shape index (κ3) is 5.80. The third-order valence-corrected chi connectivity index (χ3v) is 7.95. The van der Waals surface area contributed by atoms with Gasteiger partial charge in [0.15, 0.2) is 0 Å². The molecule has 0 amide bonds. The third-order valence-electron chi connectivity index (χ3n) is 7.95. The topological polar surface area (TPSA) is 12.9 Å². The zero-order valence-corrected chi connectivity index (χ0v) is 24.1. The first-order chi connectivity index (χ1) is 21.2. The number of nitrogens with zero attached hydrogens (tertiary/aromatic N) is 1. The Morgan fingerprint density at radius 1 is 0.302 bits per heavy atom. The molecule has 0 saturated heterocycles. The summed E-state index contributed by atoms with van der Waals surface area (Å²) < 4.78 is 0. The van der Waals surface area contributed by atoms with E-state index in [4.69, 9.17) is 0 Å². The first-order valence-corrected chi connectivity index (χ1v) is 14.7. The molecule has 0 aliphatic rings. The van der Waals surface area contributed by atoms with Crippen LogP contribution in [0.1, 0.15) is 5.56 Å². The van der Waals surface area contributed by atoms with Gasteiger partial charge in [-0.25, -0.2) is 0 Å². The van der Waals surface area contributed by atoms with Crippen molar-refractivity contribution in [2.24, 2.45) is 0 Å². The van der Waals surface area contributed by atoms with Crippen molar-refractivity contribution in [2.45, 2.75) is 6.92 Å². The van der Waals surface area contributed by atoms with Crippen molar-refractivity contribution in [1.82, 2.24) is 4.98 Å². The Morgan fingerprint density at radius 2 is 0.651 bits per heavy atom. The normalized spacial score (nSPS) is 10.9. The second kappa shape index (κ2) is 11.8. The van der Waals surface area contributed by atoms with Crippen LogP contribution in [0.3, 0.4) is 0 Å².